The number of likely N-dealkylation sites (tertiary alicyclic amines) is 1. The number of carbonyl (C=O) groups excluding carboxylic acids is 1. The third-order valence-corrected chi connectivity index (χ3v) is 5.41. The number of anilines is 1. The monoisotopic (exact) mass is 333 g/mol. The summed E-state index contributed by atoms with van der Waals surface area (Å²) in [6.45, 7) is 7.93. The van der Waals surface area contributed by atoms with Gasteiger partial charge < -0.3 is 9.80 Å². The summed E-state index contributed by atoms with van der Waals surface area (Å²) in [5.74, 6) is 0.0760. The molecule has 2 atom stereocenters. The van der Waals surface area contributed by atoms with E-state index in [1.54, 1.807) is 6.07 Å². The molecule has 2 aliphatic heterocycles. The second kappa shape index (κ2) is 7.51. The Morgan fingerprint density at radius 2 is 1.71 bits per heavy atom. The minimum Gasteiger partial charge on any atom is -0.367 e. The van der Waals surface area contributed by atoms with Crippen LogP contribution in [0.2, 0.25) is 0 Å². The maximum atomic E-state index is 13.9. The molecule has 0 N–H and O–H groups in total. The van der Waals surface area contributed by atoms with Gasteiger partial charge in [-0.1, -0.05) is 12.1 Å². The summed E-state index contributed by atoms with van der Waals surface area (Å²) in [5.41, 5.74) is 0.668. The highest BCUT2D eigenvalue weighted by Gasteiger charge is 2.30. The van der Waals surface area contributed by atoms with Gasteiger partial charge in [-0.05, 0) is 45.2 Å². The predicted molar refractivity (Wildman–Crippen MR) is 94.7 cm³/mol. The fourth-order valence-electron chi connectivity index (χ4n) is 4.04. The second-order valence-corrected chi connectivity index (χ2v) is 7.14. The molecule has 24 heavy (non-hydrogen) atoms. The van der Waals surface area contributed by atoms with E-state index >= 15 is 0 Å². The Morgan fingerprint density at radius 3 is 2.33 bits per heavy atom. The fourth-order valence-corrected chi connectivity index (χ4v) is 4.04. The Labute approximate surface area is 144 Å². The van der Waals surface area contributed by atoms with Crippen molar-refractivity contribution in [3.63, 3.8) is 0 Å². The topological polar surface area (TPSA) is 26.8 Å². The van der Waals surface area contributed by atoms with E-state index in [0.717, 1.165) is 39.0 Å². The van der Waals surface area contributed by atoms with E-state index in [9.17, 15) is 9.18 Å². The molecule has 2 unspecified atom stereocenters. The van der Waals surface area contributed by atoms with Crippen LogP contribution in [0, 0.1) is 5.82 Å². The van der Waals surface area contributed by atoms with E-state index in [4.69, 9.17) is 0 Å². The highest BCUT2D eigenvalue weighted by Crippen LogP contribution is 2.23. The van der Waals surface area contributed by atoms with Crippen molar-refractivity contribution in [1.29, 1.82) is 0 Å². The van der Waals surface area contributed by atoms with Gasteiger partial charge in [0, 0.05) is 38.3 Å². The minimum absolute atomic E-state index is 0.169. The van der Waals surface area contributed by atoms with Crippen molar-refractivity contribution in [2.24, 2.45) is 0 Å². The Morgan fingerprint density at radius 1 is 1.08 bits per heavy atom. The van der Waals surface area contributed by atoms with E-state index in [2.05, 4.69) is 28.5 Å². The number of rotatable bonds is 3. The molecule has 0 saturated carbocycles. The zero-order chi connectivity index (χ0) is 17.1. The van der Waals surface area contributed by atoms with Crippen molar-refractivity contribution >= 4 is 11.6 Å². The van der Waals surface area contributed by atoms with Gasteiger partial charge in [0.05, 0.1) is 12.2 Å². The normalized spacial score (nSPS) is 25.8. The molecule has 0 radical (unpaired) electrons. The van der Waals surface area contributed by atoms with Gasteiger partial charge in [-0.15, -0.1) is 0 Å². The largest absolute Gasteiger partial charge is 0.367 e. The molecular formula is C19H28FN3O. The lowest BCUT2D eigenvalue weighted by atomic mass is 9.97. The molecule has 3 rings (SSSR count). The second-order valence-electron chi connectivity index (χ2n) is 7.14. The average molecular weight is 333 g/mol. The van der Waals surface area contributed by atoms with Crippen molar-refractivity contribution < 1.29 is 9.18 Å². The average Bonchev–Trinajstić information content (AvgIpc) is 2.56. The lowest BCUT2D eigenvalue weighted by Gasteiger charge is -2.41. The molecule has 0 aromatic heterocycles. The first-order valence-corrected chi connectivity index (χ1v) is 9.09. The standard InChI is InChI=1S/C19H28FN3O/c1-15-6-5-7-16(2)23(15)19(24)14-21-10-12-22(13-11-21)18-9-4-3-8-17(18)20/h3-4,8-9,15-16H,5-7,10-14H2,1-2H3. The van der Waals surface area contributed by atoms with E-state index in [0.29, 0.717) is 24.3 Å². The van der Waals surface area contributed by atoms with Crippen molar-refractivity contribution in [2.45, 2.75) is 45.2 Å². The first kappa shape index (κ1) is 17.2. The van der Waals surface area contributed by atoms with Crippen LogP contribution in [0.3, 0.4) is 0 Å². The van der Waals surface area contributed by atoms with Crippen LogP contribution < -0.4 is 4.90 Å². The Kier molecular flexibility index (Phi) is 5.39. The molecule has 1 aromatic rings. The molecule has 132 valence electrons. The lowest BCUT2D eigenvalue weighted by Crippen LogP contribution is -2.54. The van der Waals surface area contributed by atoms with Gasteiger partial charge in [-0.3, -0.25) is 9.69 Å². The third-order valence-electron chi connectivity index (χ3n) is 5.41. The summed E-state index contributed by atoms with van der Waals surface area (Å²) in [4.78, 5) is 19.1. The van der Waals surface area contributed by atoms with Crippen LogP contribution in [0.5, 0.6) is 0 Å². The van der Waals surface area contributed by atoms with Crippen molar-refractivity contribution in [3.05, 3.63) is 30.1 Å². The lowest BCUT2D eigenvalue weighted by molar-refractivity contribution is -0.138. The summed E-state index contributed by atoms with van der Waals surface area (Å²) >= 11 is 0. The van der Waals surface area contributed by atoms with Gasteiger partial charge in [0.15, 0.2) is 0 Å². The predicted octanol–water partition coefficient (Wildman–Crippen LogP) is 2.74. The molecule has 2 fully saturated rings. The molecule has 4 nitrogen and oxygen atoms in total. The number of nitrogens with zero attached hydrogens (tertiary/aromatic N) is 3. The molecule has 2 aliphatic rings. The highest BCUT2D eigenvalue weighted by atomic mass is 19.1. The number of benzene rings is 1. The summed E-state index contributed by atoms with van der Waals surface area (Å²) in [7, 11) is 0. The van der Waals surface area contributed by atoms with E-state index in [1.165, 1.54) is 12.5 Å². The number of hydrogen-bond donors (Lipinski definition) is 0. The molecule has 2 heterocycles. The van der Waals surface area contributed by atoms with Crippen LogP contribution in [-0.2, 0) is 4.79 Å². The zero-order valence-electron chi connectivity index (χ0n) is 14.7. The molecule has 0 spiro atoms. The summed E-state index contributed by atoms with van der Waals surface area (Å²) in [5, 5.41) is 0. The first-order valence-electron chi connectivity index (χ1n) is 9.09. The van der Waals surface area contributed by atoms with Crippen LogP contribution in [0.4, 0.5) is 10.1 Å². The minimum atomic E-state index is -0.169. The molecule has 0 bridgehead atoms. The third kappa shape index (κ3) is 3.72. The van der Waals surface area contributed by atoms with E-state index in [-0.39, 0.29) is 11.7 Å². The number of piperazine rings is 1. The summed E-state index contributed by atoms with van der Waals surface area (Å²) in [6.07, 6.45) is 3.43. The zero-order valence-corrected chi connectivity index (χ0v) is 14.7. The van der Waals surface area contributed by atoms with Gasteiger partial charge in [0.1, 0.15) is 5.82 Å². The number of carbonyl (C=O) groups is 1. The Bertz CT molecular complexity index is 561. The number of amides is 1. The van der Waals surface area contributed by atoms with Crippen molar-refractivity contribution in [3.8, 4) is 0 Å². The smallest absolute Gasteiger partial charge is 0.237 e. The van der Waals surface area contributed by atoms with Crippen LogP contribution >= 0.6 is 0 Å². The Balaban J connectivity index is 1.54. The van der Waals surface area contributed by atoms with Gasteiger partial charge >= 0.3 is 0 Å². The van der Waals surface area contributed by atoms with Gasteiger partial charge in [0.25, 0.3) is 0 Å². The maximum Gasteiger partial charge on any atom is 0.237 e. The van der Waals surface area contributed by atoms with Gasteiger partial charge in [-0.25, -0.2) is 4.39 Å². The van der Waals surface area contributed by atoms with Gasteiger partial charge in [0.2, 0.25) is 5.91 Å². The van der Waals surface area contributed by atoms with Crippen molar-refractivity contribution in [1.82, 2.24) is 9.80 Å². The van der Waals surface area contributed by atoms with Crippen LogP contribution in [0.1, 0.15) is 33.1 Å². The summed E-state index contributed by atoms with van der Waals surface area (Å²) in [6, 6.07) is 7.61. The number of hydrogen-bond acceptors (Lipinski definition) is 3. The number of piperidine rings is 1. The summed E-state index contributed by atoms with van der Waals surface area (Å²) < 4.78 is 13.9. The van der Waals surface area contributed by atoms with Crippen LogP contribution in [0.25, 0.3) is 0 Å². The molecule has 5 heteroatoms. The molecule has 2 saturated heterocycles. The molecular weight excluding hydrogens is 305 g/mol. The van der Waals surface area contributed by atoms with Gasteiger partial charge in [-0.2, -0.15) is 0 Å². The number of halogens is 1. The molecule has 0 aliphatic carbocycles. The quantitative estimate of drug-likeness (QED) is 0.851. The highest BCUT2D eigenvalue weighted by molar-refractivity contribution is 5.79. The van der Waals surface area contributed by atoms with Crippen LogP contribution in [0.15, 0.2) is 24.3 Å². The maximum absolute atomic E-state index is 13.9. The van der Waals surface area contributed by atoms with Crippen LogP contribution in [-0.4, -0.2) is 60.5 Å². The van der Waals surface area contributed by atoms with E-state index < -0.39 is 0 Å². The molecule has 1 aromatic carbocycles. The number of para-hydroxylation sites is 1. The first-order chi connectivity index (χ1) is 11.6. The SMILES string of the molecule is CC1CCCC(C)N1C(=O)CN1CCN(c2ccccc2F)CC1. The Hall–Kier alpha value is -1.62. The fraction of sp³-hybridized carbons (Fsp3) is 0.632. The van der Waals surface area contributed by atoms with E-state index in [1.807, 2.05) is 12.1 Å². The molecule has 1 amide bonds. The van der Waals surface area contributed by atoms with Crippen molar-refractivity contribution in [2.75, 3.05) is 37.6 Å².